The summed E-state index contributed by atoms with van der Waals surface area (Å²) in [6.07, 6.45) is 1.79. The quantitative estimate of drug-likeness (QED) is 0.882. The monoisotopic (exact) mass is 298 g/mol. The van der Waals surface area contributed by atoms with E-state index in [0.717, 1.165) is 22.7 Å². The van der Waals surface area contributed by atoms with Gasteiger partial charge in [0.2, 0.25) is 0 Å². The molecule has 22 heavy (non-hydrogen) atoms. The maximum Gasteiger partial charge on any atom is 0.250 e. The van der Waals surface area contributed by atoms with Crippen LogP contribution < -0.4 is 15.2 Å². The molecule has 0 unspecified atom stereocenters. The van der Waals surface area contributed by atoms with Gasteiger partial charge < -0.3 is 19.8 Å². The van der Waals surface area contributed by atoms with Gasteiger partial charge in [0.25, 0.3) is 5.91 Å². The van der Waals surface area contributed by atoms with Gasteiger partial charge in [0.1, 0.15) is 13.2 Å². The van der Waals surface area contributed by atoms with Gasteiger partial charge in [-0.15, -0.1) is 6.58 Å². The van der Waals surface area contributed by atoms with Gasteiger partial charge in [-0.2, -0.15) is 0 Å². The van der Waals surface area contributed by atoms with Gasteiger partial charge in [0, 0.05) is 23.5 Å². The van der Waals surface area contributed by atoms with Gasteiger partial charge in [-0.05, 0) is 31.2 Å². The van der Waals surface area contributed by atoms with Crippen LogP contribution in [0.15, 0.2) is 36.9 Å². The second-order valence-corrected chi connectivity index (χ2v) is 5.15. The van der Waals surface area contributed by atoms with Crippen molar-refractivity contribution in [2.45, 2.75) is 13.5 Å². The number of nitrogens with zero attached hydrogens (tertiary/aromatic N) is 1. The molecule has 0 radical (unpaired) electrons. The number of allylic oxidation sites excluding steroid dienone is 1. The van der Waals surface area contributed by atoms with Crippen LogP contribution in [0.1, 0.15) is 16.1 Å². The van der Waals surface area contributed by atoms with Crippen molar-refractivity contribution in [2.75, 3.05) is 13.2 Å². The van der Waals surface area contributed by atoms with Gasteiger partial charge >= 0.3 is 0 Å². The van der Waals surface area contributed by atoms with Crippen LogP contribution in [-0.2, 0) is 6.54 Å². The molecular weight excluding hydrogens is 280 g/mol. The Morgan fingerprint density at radius 2 is 2.05 bits per heavy atom. The third-order valence-electron chi connectivity index (χ3n) is 3.78. The fraction of sp³-hybridized carbons (Fsp3) is 0.235. The highest BCUT2D eigenvalue weighted by molar-refractivity contribution is 5.95. The van der Waals surface area contributed by atoms with Crippen LogP contribution in [0.4, 0.5) is 0 Å². The summed E-state index contributed by atoms with van der Waals surface area (Å²) in [6.45, 7) is 7.35. The van der Waals surface area contributed by atoms with E-state index < -0.39 is 5.91 Å². The maximum absolute atomic E-state index is 11.6. The maximum atomic E-state index is 11.6. The predicted octanol–water partition coefficient (Wildman–Crippen LogP) is 2.52. The first kappa shape index (κ1) is 14.3. The van der Waals surface area contributed by atoms with Gasteiger partial charge in [-0.25, -0.2) is 0 Å². The van der Waals surface area contributed by atoms with Crippen molar-refractivity contribution >= 4 is 5.91 Å². The second kappa shape index (κ2) is 5.60. The largest absolute Gasteiger partial charge is 0.486 e. The molecule has 0 saturated heterocycles. The summed E-state index contributed by atoms with van der Waals surface area (Å²) in [7, 11) is 0. The number of hydrogen-bond acceptors (Lipinski definition) is 3. The molecule has 114 valence electrons. The Labute approximate surface area is 128 Å². The van der Waals surface area contributed by atoms with Crippen LogP contribution in [-0.4, -0.2) is 23.7 Å². The first-order valence-corrected chi connectivity index (χ1v) is 7.12. The van der Waals surface area contributed by atoms with Crippen molar-refractivity contribution in [3.63, 3.8) is 0 Å². The van der Waals surface area contributed by atoms with E-state index in [-0.39, 0.29) is 0 Å². The van der Waals surface area contributed by atoms with Crippen LogP contribution in [0.5, 0.6) is 11.5 Å². The summed E-state index contributed by atoms with van der Waals surface area (Å²) in [6, 6.07) is 7.57. The molecule has 2 heterocycles. The first-order valence-electron chi connectivity index (χ1n) is 7.12. The zero-order chi connectivity index (χ0) is 15.7. The molecule has 3 rings (SSSR count). The molecule has 0 atom stereocenters. The van der Waals surface area contributed by atoms with E-state index in [9.17, 15) is 4.79 Å². The van der Waals surface area contributed by atoms with Crippen LogP contribution >= 0.6 is 0 Å². The van der Waals surface area contributed by atoms with Gasteiger partial charge in [-0.1, -0.05) is 6.08 Å². The highest BCUT2D eigenvalue weighted by atomic mass is 16.6. The van der Waals surface area contributed by atoms with Crippen LogP contribution in [0.25, 0.3) is 11.3 Å². The van der Waals surface area contributed by atoms with Crippen molar-refractivity contribution < 1.29 is 14.3 Å². The average molecular weight is 298 g/mol. The van der Waals surface area contributed by atoms with Gasteiger partial charge in [0.15, 0.2) is 11.5 Å². The summed E-state index contributed by atoms with van der Waals surface area (Å²) >= 11 is 0. The third kappa shape index (κ3) is 2.35. The van der Waals surface area contributed by atoms with E-state index in [2.05, 4.69) is 6.58 Å². The summed E-state index contributed by atoms with van der Waals surface area (Å²) in [4.78, 5) is 11.6. The molecule has 0 bridgehead atoms. The van der Waals surface area contributed by atoms with Crippen LogP contribution in [0, 0.1) is 6.92 Å². The lowest BCUT2D eigenvalue weighted by Gasteiger charge is -2.19. The number of amides is 1. The zero-order valence-electron chi connectivity index (χ0n) is 12.5. The third-order valence-corrected chi connectivity index (χ3v) is 3.78. The van der Waals surface area contributed by atoms with Crippen LogP contribution in [0.3, 0.4) is 0 Å². The van der Waals surface area contributed by atoms with E-state index in [1.807, 2.05) is 35.8 Å². The number of ether oxygens (including phenoxy) is 2. The zero-order valence-corrected chi connectivity index (χ0v) is 12.5. The molecule has 0 fully saturated rings. The molecule has 0 saturated carbocycles. The molecule has 0 aliphatic carbocycles. The van der Waals surface area contributed by atoms with E-state index in [0.29, 0.717) is 31.1 Å². The second-order valence-electron chi connectivity index (χ2n) is 5.15. The predicted molar refractivity (Wildman–Crippen MR) is 84.3 cm³/mol. The topological polar surface area (TPSA) is 66.5 Å². The minimum atomic E-state index is -0.431. The van der Waals surface area contributed by atoms with Crippen molar-refractivity contribution in [1.29, 1.82) is 0 Å². The summed E-state index contributed by atoms with van der Waals surface area (Å²) in [5, 5.41) is 0. The minimum Gasteiger partial charge on any atom is -0.486 e. The average Bonchev–Trinajstić information content (AvgIpc) is 2.85. The fourth-order valence-electron chi connectivity index (χ4n) is 2.70. The molecule has 1 aromatic heterocycles. The van der Waals surface area contributed by atoms with E-state index in [1.54, 1.807) is 6.08 Å². The molecule has 0 spiro atoms. The van der Waals surface area contributed by atoms with Gasteiger partial charge in [-0.3, -0.25) is 4.79 Å². The van der Waals surface area contributed by atoms with Crippen molar-refractivity contribution in [2.24, 2.45) is 5.73 Å². The highest BCUT2D eigenvalue weighted by Crippen LogP contribution is 2.35. The van der Waals surface area contributed by atoms with Crippen LogP contribution in [0.2, 0.25) is 0 Å². The lowest BCUT2D eigenvalue weighted by Crippen LogP contribution is -2.15. The lowest BCUT2D eigenvalue weighted by molar-refractivity contribution is 0.0999. The summed E-state index contributed by atoms with van der Waals surface area (Å²) in [5.74, 6) is 1.02. The number of rotatable bonds is 4. The molecule has 1 aromatic carbocycles. The lowest BCUT2D eigenvalue weighted by atomic mass is 10.1. The Balaban J connectivity index is 2.12. The molecular formula is C17H18N2O3. The number of nitrogens with two attached hydrogens (primary N) is 1. The van der Waals surface area contributed by atoms with Crippen molar-refractivity contribution in [3.05, 3.63) is 48.2 Å². The van der Waals surface area contributed by atoms with E-state index >= 15 is 0 Å². The Hall–Kier alpha value is -2.69. The Morgan fingerprint density at radius 3 is 2.73 bits per heavy atom. The molecule has 5 nitrogen and oxygen atoms in total. The molecule has 1 aliphatic heterocycles. The Morgan fingerprint density at radius 1 is 1.32 bits per heavy atom. The normalized spacial score (nSPS) is 13.0. The Bertz CT molecular complexity index is 747. The van der Waals surface area contributed by atoms with E-state index in [1.165, 1.54) is 0 Å². The molecule has 2 aromatic rings. The number of benzene rings is 1. The van der Waals surface area contributed by atoms with E-state index in [4.69, 9.17) is 15.2 Å². The summed E-state index contributed by atoms with van der Waals surface area (Å²) < 4.78 is 13.2. The molecule has 1 amide bonds. The van der Waals surface area contributed by atoms with Gasteiger partial charge in [0.05, 0.1) is 5.56 Å². The SMILES string of the molecule is C=CCn1c(-c2ccc3c(c2)OCCO3)cc(C(N)=O)c1C. The standard InChI is InChI=1S/C17H18N2O3/c1-3-6-19-11(2)13(17(18)20)10-14(19)12-4-5-15-16(9-12)22-8-7-21-15/h3-5,9-10H,1,6-8H2,2H3,(H2,18,20). The van der Waals surface area contributed by atoms with Crippen molar-refractivity contribution in [3.8, 4) is 22.8 Å². The summed E-state index contributed by atoms with van der Waals surface area (Å²) in [5.41, 5.74) is 8.66. The number of aromatic nitrogens is 1. The molecule has 1 aliphatic rings. The fourth-order valence-corrected chi connectivity index (χ4v) is 2.70. The number of fused-ring (bicyclic) bond motifs is 1. The minimum absolute atomic E-state index is 0.431. The van der Waals surface area contributed by atoms with Crippen molar-refractivity contribution in [1.82, 2.24) is 4.57 Å². The Kier molecular flexibility index (Phi) is 3.63. The smallest absolute Gasteiger partial charge is 0.250 e. The first-order chi connectivity index (χ1) is 10.6. The molecule has 2 N–H and O–H groups in total. The number of carbonyl (C=O) groups is 1. The number of carbonyl (C=O) groups excluding carboxylic acids is 1. The number of hydrogen-bond donors (Lipinski definition) is 1. The number of primary amides is 1. The highest BCUT2D eigenvalue weighted by Gasteiger charge is 2.18. The molecule has 5 heteroatoms.